The number of cyclic esters (lactones) is 1. The lowest BCUT2D eigenvalue weighted by Crippen LogP contribution is -2.60. The van der Waals surface area contributed by atoms with Gasteiger partial charge in [0.1, 0.15) is 41.7 Å². The van der Waals surface area contributed by atoms with Crippen LogP contribution in [-0.4, -0.2) is 149 Å². The lowest BCUT2D eigenvalue weighted by atomic mass is 9.79. The monoisotopic (exact) mass is 730 g/mol. The molecule has 4 rings (SSSR count). The van der Waals surface area contributed by atoms with E-state index in [1.165, 1.54) is 14.0 Å². The van der Waals surface area contributed by atoms with Gasteiger partial charge in [-0.25, -0.2) is 4.99 Å². The van der Waals surface area contributed by atoms with E-state index in [2.05, 4.69) is 0 Å². The Balaban J connectivity index is 1.85. The number of aliphatic hydroxyl groups is 4. The van der Waals surface area contributed by atoms with Crippen molar-refractivity contribution in [2.45, 2.75) is 185 Å². The Morgan fingerprint density at radius 2 is 1.61 bits per heavy atom. The zero-order valence-electron chi connectivity index (χ0n) is 32.9. The van der Waals surface area contributed by atoms with E-state index in [9.17, 15) is 25.2 Å². The number of esters is 1. The summed E-state index contributed by atoms with van der Waals surface area (Å²) < 4.78 is 44.5. The van der Waals surface area contributed by atoms with E-state index in [1.54, 1.807) is 34.6 Å². The number of methoxy groups -OCH3 is 1. The lowest BCUT2D eigenvalue weighted by Gasteiger charge is -2.48. The van der Waals surface area contributed by atoms with Crippen LogP contribution in [-0.2, 0) is 38.0 Å². The second-order valence-corrected chi connectivity index (χ2v) is 16.5. The molecule has 0 saturated carbocycles. The first-order valence-electron chi connectivity index (χ1n) is 18.7. The average molecular weight is 731 g/mol. The summed E-state index contributed by atoms with van der Waals surface area (Å²) in [5.41, 5.74) is -3.91. The highest BCUT2D eigenvalue weighted by molar-refractivity contribution is 5.81. The van der Waals surface area contributed by atoms with Crippen molar-refractivity contribution in [1.29, 1.82) is 0 Å². The molecule has 14 heteroatoms. The number of carbonyl (C=O) groups is 1. The molecule has 0 aliphatic carbocycles. The zero-order chi connectivity index (χ0) is 38.4. The molecule has 4 aliphatic rings. The van der Waals surface area contributed by atoms with Crippen molar-refractivity contribution in [1.82, 2.24) is 4.90 Å². The van der Waals surface area contributed by atoms with Gasteiger partial charge in [0.25, 0.3) is 0 Å². The van der Waals surface area contributed by atoms with Crippen LogP contribution < -0.4 is 0 Å². The number of hydrogen-bond donors (Lipinski definition) is 4. The normalized spacial score (nSPS) is 50.3. The molecule has 2 bridgehead atoms. The molecule has 0 aromatic heterocycles. The largest absolute Gasteiger partial charge is 0.472 e. The third kappa shape index (κ3) is 8.60. The summed E-state index contributed by atoms with van der Waals surface area (Å²) in [7, 11) is 5.33. The number of rotatable bonds is 7. The predicted molar refractivity (Wildman–Crippen MR) is 188 cm³/mol. The summed E-state index contributed by atoms with van der Waals surface area (Å²) in [6, 6.07) is -1.04. The van der Waals surface area contributed by atoms with Crippen LogP contribution in [0.1, 0.15) is 94.9 Å². The van der Waals surface area contributed by atoms with Gasteiger partial charge in [0.05, 0.1) is 35.9 Å². The maximum absolute atomic E-state index is 14.2. The number of fused-ring (bicyclic) bond motifs is 2. The molecule has 3 fully saturated rings. The molecule has 18 atom stereocenters. The van der Waals surface area contributed by atoms with Gasteiger partial charge in [0, 0.05) is 37.8 Å². The number of carbonyl (C=O) groups excluding carboxylic acids is 1. The fourth-order valence-electron chi connectivity index (χ4n) is 8.61. The van der Waals surface area contributed by atoms with Crippen LogP contribution in [0.15, 0.2) is 4.99 Å². The Morgan fingerprint density at radius 1 is 0.961 bits per heavy atom. The maximum Gasteiger partial charge on any atom is 0.311 e. The van der Waals surface area contributed by atoms with E-state index >= 15 is 0 Å². The topological polar surface area (TPSA) is 178 Å². The Hall–Kier alpha value is -1.46. The number of aliphatic hydroxyl groups excluding tert-OH is 3. The quantitative estimate of drug-likeness (QED) is 0.281. The van der Waals surface area contributed by atoms with Gasteiger partial charge in [0.15, 0.2) is 18.5 Å². The summed E-state index contributed by atoms with van der Waals surface area (Å²) in [5.74, 6) is -2.03. The Labute approximate surface area is 304 Å². The molecular weight excluding hydrogens is 664 g/mol. The van der Waals surface area contributed by atoms with E-state index in [4.69, 9.17) is 38.2 Å². The number of aliphatic imine (C=N–C) groups is 1. The van der Waals surface area contributed by atoms with Crippen LogP contribution in [0.2, 0.25) is 0 Å². The molecule has 0 aromatic carbocycles. The third-order valence-corrected chi connectivity index (χ3v) is 11.9. The summed E-state index contributed by atoms with van der Waals surface area (Å²) in [6.45, 7) is 17.8. The standard InChI is InChI=1S/C37H66N2O12/c1-14-25-37(10,44)29(41)22(6)38-32-18(2)16-36(9,51-32)31(50-34-27(40)24(39(11)12)15-19(3)46-34)20(4)28(21(5)33(43)48-25)49-26-17-35(8,45-13)30(42)23(7)47-26/h18-31,34,40-42,44H,14-17H2,1-13H3/t18-,19-,20+,21-,22-,23-,24+,25-,26-,27-,28+,29-,30-,31-,34-,35+,36+,37-/m1/s1. The second-order valence-electron chi connectivity index (χ2n) is 16.5. The molecule has 0 spiro atoms. The molecule has 4 heterocycles. The van der Waals surface area contributed by atoms with E-state index in [1.807, 2.05) is 46.7 Å². The number of ether oxygens (including phenoxy) is 7. The molecular formula is C37H66N2O12. The molecule has 0 unspecified atom stereocenters. The smallest absolute Gasteiger partial charge is 0.311 e. The zero-order valence-corrected chi connectivity index (χ0v) is 32.9. The van der Waals surface area contributed by atoms with Crippen LogP contribution >= 0.6 is 0 Å². The SMILES string of the molecule is CC[C@H]1OC(=O)[C@H](C)[C@@H](O[C@@H]2C[C@](C)(OC)[C@H](O)[C@@H](C)O2)[C@H](C)[C@@H](O[C@H]2O[C@H](C)C[C@H](N(C)C)[C@H]2O)[C@]2(C)C[C@@H](C)C(=N[C@H](C)[C@@H](O)[C@]1(C)O)O2. The summed E-state index contributed by atoms with van der Waals surface area (Å²) in [4.78, 5) is 20.9. The Bertz CT molecular complexity index is 1220. The Morgan fingerprint density at radius 3 is 2.20 bits per heavy atom. The first-order chi connectivity index (χ1) is 23.6. The van der Waals surface area contributed by atoms with Crippen molar-refractivity contribution in [2.24, 2.45) is 22.7 Å². The van der Waals surface area contributed by atoms with Crippen LogP contribution in [0.3, 0.4) is 0 Å². The molecule has 0 aromatic rings. The molecule has 4 N–H and O–H groups in total. The molecule has 3 saturated heterocycles. The summed E-state index contributed by atoms with van der Waals surface area (Å²) in [6.07, 6.45) is -7.53. The van der Waals surface area contributed by atoms with E-state index < -0.39 is 96.0 Å². The van der Waals surface area contributed by atoms with Crippen molar-refractivity contribution in [3.8, 4) is 0 Å². The van der Waals surface area contributed by atoms with Gasteiger partial charge in [-0.3, -0.25) is 4.79 Å². The number of hydrogen-bond acceptors (Lipinski definition) is 14. The first-order valence-corrected chi connectivity index (χ1v) is 18.7. The second kappa shape index (κ2) is 16.1. The van der Waals surface area contributed by atoms with Crippen LogP contribution in [0.4, 0.5) is 0 Å². The highest BCUT2D eigenvalue weighted by Crippen LogP contribution is 2.44. The third-order valence-electron chi connectivity index (χ3n) is 11.9. The minimum Gasteiger partial charge on any atom is -0.472 e. The molecule has 0 amide bonds. The lowest BCUT2D eigenvalue weighted by molar-refractivity contribution is -0.315. The van der Waals surface area contributed by atoms with Gasteiger partial charge in [-0.2, -0.15) is 0 Å². The number of likely N-dealkylation sites (N-methyl/N-ethyl adjacent to an activating group) is 1. The van der Waals surface area contributed by atoms with Crippen LogP contribution in [0.25, 0.3) is 0 Å². The van der Waals surface area contributed by atoms with Gasteiger partial charge >= 0.3 is 5.97 Å². The van der Waals surface area contributed by atoms with Crippen molar-refractivity contribution < 1.29 is 58.4 Å². The van der Waals surface area contributed by atoms with E-state index in [-0.39, 0.29) is 30.9 Å². The molecule has 4 aliphatic heterocycles. The molecule has 296 valence electrons. The summed E-state index contributed by atoms with van der Waals surface area (Å²) in [5, 5.41) is 45.5. The van der Waals surface area contributed by atoms with Gasteiger partial charge in [0.2, 0.25) is 0 Å². The van der Waals surface area contributed by atoms with Crippen LogP contribution in [0, 0.1) is 17.8 Å². The van der Waals surface area contributed by atoms with Crippen molar-refractivity contribution in [3.63, 3.8) is 0 Å². The fraction of sp³-hybridized carbons (Fsp3) is 0.946. The van der Waals surface area contributed by atoms with Crippen LogP contribution in [0.5, 0.6) is 0 Å². The maximum atomic E-state index is 14.2. The van der Waals surface area contributed by atoms with Gasteiger partial charge < -0.3 is 58.5 Å². The van der Waals surface area contributed by atoms with Gasteiger partial charge in [-0.15, -0.1) is 0 Å². The van der Waals surface area contributed by atoms with Gasteiger partial charge in [-0.05, 0) is 75.4 Å². The predicted octanol–water partition coefficient (Wildman–Crippen LogP) is 2.41. The Kier molecular flexibility index (Phi) is 13.4. The summed E-state index contributed by atoms with van der Waals surface area (Å²) >= 11 is 0. The van der Waals surface area contributed by atoms with E-state index in [0.717, 1.165) is 0 Å². The highest BCUT2D eigenvalue weighted by Gasteiger charge is 2.56. The van der Waals surface area contributed by atoms with Crippen molar-refractivity contribution in [3.05, 3.63) is 0 Å². The molecule has 51 heavy (non-hydrogen) atoms. The minimum atomic E-state index is -1.84. The van der Waals surface area contributed by atoms with E-state index in [0.29, 0.717) is 18.7 Å². The highest BCUT2D eigenvalue weighted by atomic mass is 16.7. The molecule has 14 nitrogen and oxygen atoms in total. The van der Waals surface area contributed by atoms with Crippen molar-refractivity contribution >= 4 is 11.9 Å². The number of nitrogens with zero attached hydrogens (tertiary/aromatic N) is 2. The average Bonchev–Trinajstić information content (AvgIpc) is 3.35. The molecule has 0 radical (unpaired) electrons. The minimum absolute atomic E-state index is 0.163. The van der Waals surface area contributed by atoms with Crippen molar-refractivity contribution in [2.75, 3.05) is 21.2 Å². The van der Waals surface area contributed by atoms with Gasteiger partial charge in [-0.1, -0.05) is 20.8 Å². The fourth-order valence-corrected chi connectivity index (χ4v) is 8.61. The first kappa shape index (κ1) is 42.3.